The van der Waals surface area contributed by atoms with Crippen LogP contribution in [0.1, 0.15) is 55.1 Å². The lowest BCUT2D eigenvalue weighted by atomic mass is 9.91. The van der Waals surface area contributed by atoms with Gasteiger partial charge in [0.15, 0.2) is 5.78 Å². The van der Waals surface area contributed by atoms with E-state index in [1.54, 1.807) is 34.6 Å². The Labute approximate surface area is 128 Å². The average molecular weight is 302 g/mol. The Morgan fingerprint density at radius 1 is 0.818 bits per heavy atom. The van der Waals surface area contributed by atoms with Crippen molar-refractivity contribution in [3.8, 4) is 0 Å². The van der Waals surface area contributed by atoms with Gasteiger partial charge in [-0.2, -0.15) is 0 Å². The van der Waals surface area contributed by atoms with Crippen LogP contribution in [-0.2, 0) is 14.3 Å². The van der Waals surface area contributed by atoms with Crippen molar-refractivity contribution >= 4 is 23.3 Å². The van der Waals surface area contributed by atoms with Crippen LogP contribution in [0.25, 0.3) is 5.57 Å². The minimum atomic E-state index is -0.688. The van der Waals surface area contributed by atoms with E-state index in [9.17, 15) is 14.4 Å². The van der Waals surface area contributed by atoms with Gasteiger partial charge in [-0.3, -0.25) is 4.79 Å². The first-order valence-electron chi connectivity index (χ1n) is 6.93. The Hall–Kier alpha value is -2.43. The van der Waals surface area contributed by atoms with Crippen LogP contribution in [0.5, 0.6) is 0 Å². The molecule has 116 valence electrons. The summed E-state index contributed by atoms with van der Waals surface area (Å²) in [5, 5.41) is 0. The zero-order valence-electron chi connectivity index (χ0n) is 13.5. The second-order valence-corrected chi connectivity index (χ2v) is 5.57. The van der Waals surface area contributed by atoms with E-state index in [1.807, 2.05) is 0 Å². The number of allylic oxidation sites excluding steroid dienone is 2. The van der Waals surface area contributed by atoms with Crippen LogP contribution in [-0.4, -0.2) is 17.7 Å². The number of carbonyl (C=O) groups excluding carboxylic acids is 3. The predicted octanol–water partition coefficient (Wildman–Crippen LogP) is 3.29. The number of ether oxygens (including phenoxy) is 1. The molecule has 1 fully saturated rings. The molecule has 0 bridgehead atoms. The molecule has 5 heteroatoms. The van der Waals surface area contributed by atoms with Crippen LogP contribution in [0, 0.1) is 13.8 Å². The highest BCUT2D eigenvalue weighted by atomic mass is 16.6. The second-order valence-electron chi connectivity index (χ2n) is 5.57. The highest BCUT2D eigenvalue weighted by Gasteiger charge is 2.37. The molecule has 5 nitrogen and oxygen atoms in total. The number of hydrogen-bond donors (Lipinski definition) is 0. The van der Waals surface area contributed by atoms with Gasteiger partial charge in [-0.05, 0) is 47.1 Å². The molecule has 0 amide bonds. The van der Waals surface area contributed by atoms with E-state index in [2.05, 4.69) is 0 Å². The summed E-state index contributed by atoms with van der Waals surface area (Å²) in [7, 11) is 0. The number of furan rings is 1. The minimum Gasteiger partial charge on any atom is -0.465 e. The van der Waals surface area contributed by atoms with Gasteiger partial charge < -0.3 is 9.15 Å². The van der Waals surface area contributed by atoms with Gasteiger partial charge in [-0.25, -0.2) is 9.59 Å². The van der Waals surface area contributed by atoms with E-state index < -0.39 is 11.9 Å². The second kappa shape index (κ2) is 5.40. The molecule has 0 spiro atoms. The normalized spacial score (nSPS) is 16.9. The van der Waals surface area contributed by atoms with Crippen molar-refractivity contribution in [2.45, 2.75) is 41.5 Å². The Bertz CT molecular complexity index is 767. The van der Waals surface area contributed by atoms with Crippen molar-refractivity contribution in [3.05, 3.63) is 39.4 Å². The van der Waals surface area contributed by atoms with Crippen LogP contribution < -0.4 is 0 Å². The molecule has 1 aliphatic heterocycles. The van der Waals surface area contributed by atoms with E-state index in [4.69, 9.17) is 9.15 Å². The zero-order chi connectivity index (χ0) is 16.8. The lowest BCUT2D eigenvalue weighted by molar-refractivity contribution is -0.149. The number of rotatable bonds is 2. The molecule has 0 saturated carbocycles. The number of esters is 2. The van der Waals surface area contributed by atoms with E-state index in [-0.39, 0.29) is 16.9 Å². The van der Waals surface area contributed by atoms with Gasteiger partial charge in [0.2, 0.25) is 0 Å². The maximum Gasteiger partial charge on any atom is 0.347 e. The maximum atomic E-state index is 12.1. The average Bonchev–Trinajstić information content (AvgIpc) is 2.84. The van der Waals surface area contributed by atoms with Crippen molar-refractivity contribution in [2.24, 2.45) is 0 Å². The van der Waals surface area contributed by atoms with Gasteiger partial charge in [0.1, 0.15) is 11.5 Å². The summed E-state index contributed by atoms with van der Waals surface area (Å²) >= 11 is 0. The predicted molar refractivity (Wildman–Crippen MR) is 80.3 cm³/mol. The summed E-state index contributed by atoms with van der Waals surface area (Å²) in [6, 6.07) is 0. The summed E-state index contributed by atoms with van der Waals surface area (Å²) in [6.45, 7) is 10.0. The van der Waals surface area contributed by atoms with Gasteiger partial charge >= 0.3 is 11.9 Å². The SMILES string of the molecule is CC(=O)c1c(C)oc(C)c1/C(C)=C1\C(=O)OC(=O)C1=C(C)C. The Morgan fingerprint density at radius 2 is 1.32 bits per heavy atom. The van der Waals surface area contributed by atoms with E-state index in [0.29, 0.717) is 33.8 Å². The first-order chi connectivity index (χ1) is 10.2. The topological polar surface area (TPSA) is 73.6 Å². The smallest absolute Gasteiger partial charge is 0.347 e. The largest absolute Gasteiger partial charge is 0.465 e. The lowest BCUT2D eigenvalue weighted by Gasteiger charge is -2.07. The fraction of sp³-hybridized carbons (Fsp3) is 0.353. The molecule has 1 aliphatic rings. The number of aryl methyl sites for hydroxylation is 2. The Morgan fingerprint density at radius 3 is 1.82 bits per heavy atom. The summed E-state index contributed by atoms with van der Waals surface area (Å²) in [6.07, 6.45) is 0. The number of Topliss-reactive ketones (excluding diaryl/α,β-unsaturated/α-hetero) is 1. The number of hydrogen-bond acceptors (Lipinski definition) is 5. The number of carbonyl (C=O) groups is 3. The molecule has 0 N–H and O–H groups in total. The summed E-state index contributed by atoms with van der Waals surface area (Å²) < 4.78 is 10.3. The van der Waals surface area contributed by atoms with Crippen LogP contribution in [0.3, 0.4) is 0 Å². The third-order valence-electron chi connectivity index (χ3n) is 3.71. The van der Waals surface area contributed by atoms with Crippen molar-refractivity contribution in [3.63, 3.8) is 0 Å². The molecule has 0 aliphatic carbocycles. The molecule has 2 heterocycles. The number of ketones is 1. The van der Waals surface area contributed by atoms with Gasteiger partial charge in [0, 0.05) is 5.56 Å². The molecule has 1 saturated heterocycles. The molecule has 2 rings (SSSR count). The molecule has 0 unspecified atom stereocenters. The van der Waals surface area contributed by atoms with Gasteiger partial charge in [-0.1, -0.05) is 5.57 Å². The molecule has 22 heavy (non-hydrogen) atoms. The van der Waals surface area contributed by atoms with Crippen molar-refractivity contribution < 1.29 is 23.5 Å². The van der Waals surface area contributed by atoms with Gasteiger partial charge in [-0.15, -0.1) is 0 Å². The molecule has 1 aromatic heterocycles. The zero-order valence-corrected chi connectivity index (χ0v) is 13.5. The molecule has 0 radical (unpaired) electrons. The molecular formula is C17H18O5. The third-order valence-corrected chi connectivity index (χ3v) is 3.71. The Kier molecular flexibility index (Phi) is 3.92. The highest BCUT2D eigenvalue weighted by molar-refractivity contribution is 6.22. The fourth-order valence-electron chi connectivity index (χ4n) is 2.87. The van der Waals surface area contributed by atoms with Crippen LogP contribution in [0.4, 0.5) is 0 Å². The quantitative estimate of drug-likeness (QED) is 0.363. The van der Waals surface area contributed by atoms with Crippen LogP contribution >= 0.6 is 0 Å². The number of cyclic esters (lactones) is 2. The third kappa shape index (κ3) is 2.32. The first-order valence-corrected chi connectivity index (χ1v) is 6.93. The Balaban J connectivity index is 2.83. The fourth-order valence-corrected chi connectivity index (χ4v) is 2.87. The summed E-state index contributed by atoms with van der Waals surface area (Å²) in [5.74, 6) is -0.460. The minimum absolute atomic E-state index is 0.152. The van der Waals surface area contributed by atoms with Crippen molar-refractivity contribution in [1.29, 1.82) is 0 Å². The highest BCUT2D eigenvalue weighted by Crippen LogP contribution is 2.36. The standard InChI is InChI=1S/C17H18O5/c1-7(2)12-14(17(20)22-16(12)19)8(3)13-10(5)21-11(6)15(13)9(4)18/h1-6H3/b14-8-. The summed E-state index contributed by atoms with van der Waals surface area (Å²) in [4.78, 5) is 35.8. The molecule has 0 atom stereocenters. The van der Waals surface area contributed by atoms with Crippen molar-refractivity contribution in [2.75, 3.05) is 0 Å². The van der Waals surface area contributed by atoms with Gasteiger partial charge in [0.05, 0.1) is 16.7 Å². The monoisotopic (exact) mass is 302 g/mol. The summed E-state index contributed by atoms with van der Waals surface area (Å²) in [5.41, 5.74) is 2.67. The van der Waals surface area contributed by atoms with E-state index in [1.165, 1.54) is 6.92 Å². The lowest BCUT2D eigenvalue weighted by Crippen LogP contribution is -2.03. The molecule has 0 aromatic carbocycles. The first kappa shape index (κ1) is 15.9. The van der Waals surface area contributed by atoms with E-state index >= 15 is 0 Å². The van der Waals surface area contributed by atoms with Crippen molar-refractivity contribution in [1.82, 2.24) is 0 Å². The van der Waals surface area contributed by atoms with E-state index in [0.717, 1.165) is 0 Å². The molecular weight excluding hydrogens is 284 g/mol. The van der Waals surface area contributed by atoms with Gasteiger partial charge in [0.25, 0.3) is 0 Å². The van der Waals surface area contributed by atoms with Crippen LogP contribution in [0.15, 0.2) is 21.1 Å². The molecule has 1 aromatic rings. The maximum absolute atomic E-state index is 12.1. The van der Waals surface area contributed by atoms with Crippen LogP contribution in [0.2, 0.25) is 0 Å².